The third-order valence-corrected chi connectivity index (χ3v) is 8.73. The highest BCUT2D eigenvalue weighted by Crippen LogP contribution is 2.44. The summed E-state index contributed by atoms with van der Waals surface area (Å²) in [6.07, 6.45) is 0.362. The lowest BCUT2D eigenvalue weighted by Gasteiger charge is -2.35. The first-order valence-corrected chi connectivity index (χ1v) is 14.0. The average Bonchev–Trinajstić information content (AvgIpc) is 3.32. The number of urea groups is 1. The van der Waals surface area contributed by atoms with Gasteiger partial charge in [-0.05, 0) is 43.7 Å². The highest BCUT2D eigenvalue weighted by atomic mass is 19.4. The Morgan fingerprint density at radius 2 is 1.57 bits per heavy atom. The van der Waals surface area contributed by atoms with Gasteiger partial charge in [-0.25, -0.2) is 13.6 Å². The summed E-state index contributed by atoms with van der Waals surface area (Å²) in [5.41, 5.74) is 0.949. The van der Waals surface area contributed by atoms with Crippen molar-refractivity contribution >= 4 is 11.9 Å². The van der Waals surface area contributed by atoms with Crippen molar-refractivity contribution in [3.8, 4) is 0 Å². The lowest BCUT2D eigenvalue weighted by atomic mass is 9.93. The van der Waals surface area contributed by atoms with E-state index in [-0.39, 0.29) is 49.0 Å². The fourth-order valence-corrected chi connectivity index (χ4v) is 6.47. The van der Waals surface area contributed by atoms with Crippen molar-refractivity contribution in [1.29, 1.82) is 0 Å². The molecule has 0 N–H and O–H groups in total. The number of alkyl halides is 5. The number of carbonyl (C=O) groups excluding carboxylic acids is 2. The smallest absolute Gasteiger partial charge is 0.338 e. The van der Waals surface area contributed by atoms with E-state index in [0.717, 1.165) is 24.6 Å². The molecule has 3 aliphatic heterocycles. The van der Waals surface area contributed by atoms with E-state index in [2.05, 4.69) is 5.10 Å². The first-order chi connectivity index (χ1) is 19.0. The fraction of sp³-hybridized carbons (Fsp3) is 0.607. The van der Waals surface area contributed by atoms with E-state index < -0.39 is 30.1 Å². The topological polar surface area (TPSA) is 61.7 Å². The molecule has 3 saturated heterocycles. The van der Waals surface area contributed by atoms with Crippen LogP contribution in [-0.2, 0) is 6.18 Å². The molecular weight excluding hydrogens is 533 g/mol. The van der Waals surface area contributed by atoms with Gasteiger partial charge in [0, 0.05) is 51.0 Å². The molecule has 0 spiro atoms. The van der Waals surface area contributed by atoms with E-state index >= 15 is 0 Å². The fourth-order valence-electron chi connectivity index (χ4n) is 6.47. The van der Waals surface area contributed by atoms with Crippen molar-refractivity contribution in [3.05, 3.63) is 52.8 Å². The molecule has 0 radical (unpaired) electrons. The highest BCUT2D eigenvalue weighted by Gasteiger charge is 2.43. The zero-order chi connectivity index (χ0) is 28.2. The molecule has 6 rings (SSSR count). The predicted molar refractivity (Wildman–Crippen MR) is 135 cm³/mol. The number of hydrogen-bond acceptors (Lipinski definition) is 3. The number of aromatic nitrogens is 2. The van der Waals surface area contributed by atoms with Gasteiger partial charge in [-0.15, -0.1) is 0 Å². The van der Waals surface area contributed by atoms with Crippen molar-refractivity contribution < 1.29 is 31.5 Å². The third kappa shape index (κ3) is 5.16. The molecule has 40 heavy (non-hydrogen) atoms. The van der Waals surface area contributed by atoms with Crippen LogP contribution in [0.25, 0.3) is 0 Å². The maximum Gasteiger partial charge on any atom is 0.416 e. The molecule has 216 valence electrons. The van der Waals surface area contributed by atoms with E-state index in [1.165, 1.54) is 17.0 Å². The van der Waals surface area contributed by atoms with E-state index in [0.29, 0.717) is 44.5 Å². The molecule has 1 saturated carbocycles. The van der Waals surface area contributed by atoms with E-state index in [9.17, 15) is 31.5 Å². The minimum atomic E-state index is -4.45. The van der Waals surface area contributed by atoms with Crippen molar-refractivity contribution in [3.63, 3.8) is 0 Å². The number of rotatable bonds is 4. The molecule has 4 aliphatic rings. The number of likely N-dealkylation sites (tertiary alicyclic amines) is 3. The van der Waals surface area contributed by atoms with Crippen molar-refractivity contribution in [2.45, 2.75) is 68.5 Å². The van der Waals surface area contributed by atoms with Gasteiger partial charge >= 0.3 is 12.2 Å². The number of halogens is 5. The van der Waals surface area contributed by atoms with E-state index in [4.69, 9.17) is 0 Å². The zero-order valence-corrected chi connectivity index (χ0v) is 22.0. The monoisotopic (exact) mass is 565 g/mol. The summed E-state index contributed by atoms with van der Waals surface area (Å²) in [7, 11) is 0. The summed E-state index contributed by atoms with van der Waals surface area (Å²) in [5.74, 6) is -3.22. The second-order valence-corrected chi connectivity index (χ2v) is 11.5. The first kappa shape index (κ1) is 27.0. The Hall–Kier alpha value is -3.18. The van der Waals surface area contributed by atoms with Crippen LogP contribution in [0.2, 0.25) is 0 Å². The second kappa shape index (κ2) is 10.0. The molecule has 7 nitrogen and oxygen atoms in total. The van der Waals surface area contributed by atoms with Crippen LogP contribution in [0.3, 0.4) is 0 Å². The van der Waals surface area contributed by atoms with Gasteiger partial charge in [-0.3, -0.25) is 9.48 Å². The minimum Gasteiger partial charge on any atom is -0.338 e. The number of amides is 3. The molecule has 2 aromatic rings. The number of carbonyl (C=O) groups is 2. The van der Waals surface area contributed by atoms with Crippen LogP contribution >= 0.6 is 0 Å². The summed E-state index contributed by atoms with van der Waals surface area (Å²) in [4.78, 5) is 30.8. The van der Waals surface area contributed by atoms with Gasteiger partial charge in [-0.2, -0.15) is 18.3 Å². The summed E-state index contributed by atoms with van der Waals surface area (Å²) < 4.78 is 69.8. The largest absolute Gasteiger partial charge is 0.416 e. The highest BCUT2D eigenvalue weighted by molar-refractivity contribution is 5.95. The van der Waals surface area contributed by atoms with Crippen molar-refractivity contribution in [1.82, 2.24) is 24.5 Å². The summed E-state index contributed by atoms with van der Waals surface area (Å²) >= 11 is 0. The van der Waals surface area contributed by atoms with Crippen molar-refractivity contribution in [2.24, 2.45) is 0 Å². The number of piperidine rings is 1. The first-order valence-electron chi connectivity index (χ1n) is 14.0. The Kier molecular flexibility index (Phi) is 6.77. The summed E-state index contributed by atoms with van der Waals surface area (Å²) in [5, 5.41) is 4.59. The van der Waals surface area contributed by atoms with Crippen LogP contribution in [0, 0.1) is 0 Å². The lowest BCUT2D eigenvalue weighted by Crippen LogP contribution is -2.46. The van der Waals surface area contributed by atoms with Crippen LogP contribution in [0.5, 0.6) is 0 Å². The number of benzene rings is 1. The Morgan fingerprint density at radius 1 is 0.875 bits per heavy atom. The van der Waals surface area contributed by atoms with Gasteiger partial charge in [0.15, 0.2) is 0 Å². The molecule has 3 amide bonds. The molecule has 4 heterocycles. The van der Waals surface area contributed by atoms with Gasteiger partial charge in [0.2, 0.25) is 0 Å². The van der Waals surface area contributed by atoms with Crippen LogP contribution < -0.4 is 0 Å². The third-order valence-electron chi connectivity index (χ3n) is 8.73. The normalized spacial score (nSPS) is 23.7. The maximum atomic E-state index is 13.6. The second-order valence-electron chi connectivity index (χ2n) is 11.5. The average molecular weight is 566 g/mol. The standard InChI is InChI=1S/C28H32F5N5O2/c29-27(30)10-14-37(17-27)26(40)35-12-8-20(9-13-35)38-24(18-5-6-18)22(15-34-38)25(39)36-11-7-19(16-36)21-3-1-2-4-23(21)28(31,32)33/h1-4,15,18-20H,5-14,16-17H2/t19-/m1/s1. The summed E-state index contributed by atoms with van der Waals surface area (Å²) in [6, 6.07) is 5.20. The lowest BCUT2D eigenvalue weighted by molar-refractivity contribution is -0.138. The SMILES string of the molecule is O=C(c1cnn(C2CCN(C(=O)N3CCC(F)(F)C3)CC2)c1C1CC1)N1CC[C@@H](c2ccccc2C(F)(F)F)C1. The van der Waals surface area contributed by atoms with Crippen LogP contribution in [0.15, 0.2) is 30.5 Å². The van der Waals surface area contributed by atoms with Gasteiger partial charge in [0.05, 0.1) is 35.6 Å². The Labute approximate surface area is 228 Å². The molecule has 12 heteroatoms. The molecular formula is C28H32F5N5O2. The van der Waals surface area contributed by atoms with Gasteiger partial charge < -0.3 is 14.7 Å². The van der Waals surface area contributed by atoms with E-state index in [1.807, 2.05) is 4.68 Å². The Bertz CT molecular complexity index is 1280. The molecule has 1 atom stereocenters. The zero-order valence-electron chi connectivity index (χ0n) is 22.0. The Balaban J connectivity index is 1.14. The molecule has 1 aromatic carbocycles. The molecule has 0 bridgehead atoms. The van der Waals surface area contributed by atoms with Gasteiger partial charge in [0.1, 0.15) is 0 Å². The molecule has 4 fully saturated rings. The number of nitrogens with zero attached hydrogens (tertiary/aromatic N) is 5. The summed E-state index contributed by atoms with van der Waals surface area (Å²) in [6.45, 7) is 0.956. The number of hydrogen-bond donors (Lipinski definition) is 0. The van der Waals surface area contributed by atoms with Gasteiger partial charge in [0.25, 0.3) is 11.8 Å². The predicted octanol–water partition coefficient (Wildman–Crippen LogP) is 5.51. The minimum absolute atomic E-state index is 0.0220. The molecule has 0 unspecified atom stereocenters. The van der Waals surface area contributed by atoms with Crippen LogP contribution in [0.1, 0.15) is 83.6 Å². The quantitative estimate of drug-likeness (QED) is 0.460. The van der Waals surface area contributed by atoms with Crippen LogP contribution in [-0.4, -0.2) is 81.6 Å². The van der Waals surface area contributed by atoms with Gasteiger partial charge in [-0.1, -0.05) is 18.2 Å². The molecule has 1 aromatic heterocycles. The van der Waals surface area contributed by atoms with Crippen LogP contribution in [0.4, 0.5) is 26.7 Å². The van der Waals surface area contributed by atoms with Crippen molar-refractivity contribution in [2.75, 3.05) is 39.3 Å². The Morgan fingerprint density at radius 3 is 2.23 bits per heavy atom. The van der Waals surface area contributed by atoms with E-state index in [1.54, 1.807) is 22.1 Å². The molecule has 1 aliphatic carbocycles. The maximum absolute atomic E-state index is 13.6.